The van der Waals surface area contributed by atoms with Gasteiger partial charge in [0.2, 0.25) is 0 Å². The molecule has 7 heteroatoms. The Balaban J connectivity index is 1.32. The number of aromatic hydroxyl groups is 2. The van der Waals surface area contributed by atoms with Crippen molar-refractivity contribution in [1.82, 2.24) is 4.90 Å². The lowest BCUT2D eigenvalue weighted by Gasteiger charge is -2.34. The number of rotatable bonds is 6. The molecular weight excluding hydrogens is 454 g/mol. The van der Waals surface area contributed by atoms with Gasteiger partial charge in [-0.2, -0.15) is 11.8 Å². The SMILES string of the molecule is Oc1ccc([C@H]2Sc3cc(O)ccc3O[C@H]2c2ccc(OCCN3CCSCC3)cc2)cc1. The van der Waals surface area contributed by atoms with Crippen LogP contribution in [0.25, 0.3) is 0 Å². The summed E-state index contributed by atoms with van der Waals surface area (Å²) in [4.78, 5) is 3.36. The van der Waals surface area contributed by atoms with Crippen LogP contribution in [0.2, 0.25) is 0 Å². The van der Waals surface area contributed by atoms with Gasteiger partial charge in [0.25, 0.3) is 0 Å². The van der Waals surface area contributed by atoms with E-state index in [0.717, 1.165) is 47.2 Å². The van der Waals surface area contributed by atoms with Crippen molar-refractivity contribution in [2.45, 2.75) is 16.2 Å². The molecule has 2 aliphatic rings. The first kappa shape index (κ1) is 22.3. The zero-order valence-corrected chi connectivity index (χ0v) is 19.9. The Morgan fingerprint density at radius 1 is 0.879 bits per heavy atom. The lowest BCUT2D eigenvalue weighted by Crippen LogP contribution is -2.35. The van der Waals surface area contributed by atoms with Crippen LogP contribution in [0.5, 0.6) is 23.0 Å². The van der Waals surface area contributed by atoms with Crippen molar-refractivity contribution >= 4 is 23.5 Å². The van der Waals surface area contributed by atoms with Crippen molar-refractivity contribution in [2.75, 3.05) is 37.7 Å². The van der Waals surface area contributed by atoms with Crippen LogP contribution in [0.1, 0.15) is 22.5 Å². The molecule has 2 heterocycles. The summed E-state index contributed by atoms with van der Waals surface area (Å²) < 4.78 is 12.4. The van der Waals surface area contributed by atoms with Crippen LogP contribution in [0.15, 0.2) is 71.6 Å². The molecule has 172 valence electrons. The van der Waals surface area contributed by atoms with Gasteiger partial charge in [-0.15, -0.1) is 11.8 Å². The fraction of sp³-hybridized carbons (Fsp3) is 0.308. The van der Waals surface area contributed by atoms with Crippen LogP contribution in [-0.2, 0) is 0 Å². The van der Waals surface area contributed by atoms with Crippen LogP contribution >= 0.6 is 23.5 Å². The average molecular weight is 482 g/mol. The molecule has 1 saturated heterocycles. The van der Waals surface area contributed by atoms with Crippen molar-refractivity contribution in [1.29, 1.82) is 0 Å². The number of fused-ring (bicyclic) bond motifs is 1. The van der Waals surface area contributed by atoms with E-state index < -0.39 is 0 Å². The van der Waals surface area contributed by atoms with Crippen LogP contribution in [0.3, 0.4) is 0 Å². The number of nitrogens with zero attached hydrogens (tertiary/aromatic N) is 1. The molecule has 0 aromatic heterocycles. The fourth-order valence-electron chi connectivity index (χ4n) is 4.10. The van der Waals surface area contributed by atoms with Crippen molar-refractivity contribution in [3.05, 3.63) is 77.9 Å². The Morgan fingerprint density at radius 3 is 2.33 bits per heavy atom. The third-order valence-electron chi connectivity index (χ3n) is 5.92. The normalized spacial score (nSPS) is 20.6. The van der Waals surface area contributed by atoms with Gasteiger partial charge in [0.1, 0.15) is 35.7 Å². The Morgan fingerprint density at radius 2 is 1.58 bits per heavy atom. The first-order chi connectivity index (χ1) is 16.2. The molecular formula is C26H27NO4S2. The summed E-state index contributed by atoms with van der Waals surface area (Å²) in [7, 11) is 0. The third kappa shape index (κ3) is 5.37. The molecule has 3 aromatic rings. The minimum Gasteiger partial charge on any atom is -0.508 e. The molecule has 0 saturated carbocycles. The maximum Gasteiger partial charge on any atom is 0.140 e. The maximum atomic E-state index is 9.93. The summed E-state index contributed by atoms with van der Waals surface area (Å²) in [6.07, 6.45) is -0.212. The second kappa shape index (κ2) is 10.2. The number of phenols is 2. The fourth-order valence-corrected chi connectivity index (χ4v) is 6.41. The number of ether oxygens (including phenoxy) is 2. The van der Waals surface area contributed by atoms with E-state index in [1.54, 1.807) is 36.0 Å². The van der Waals surface area contributed by atoms with Crippen LogP contribution < -0.4 is 9.47 Å². The van der Waals surface area contributed by atoms with Gasteiger partial charge in [-0.3, -0.25) is 4.90 Å². The second-order valence-corrected chi connectivity index (χ2v) is 10.6. The largest absolute Gasteiger partial charge is 0.508 e. The van der Waals surface area contributed by atoms with E-state index in [1.807, 2.05) is 42.1 Å². The highest BCUT2D eigenvalue weighted by Gasteiger charge is 2.33. The molecule has 0 spiro atoms. The predicted molar refractivity (Wildman–Crippen MR) is 134 cm³/mol. The lowest BCUT2D eigenvalue weighted by molar-refractivity contribution is 0.190. The van der Waals surface area contributed by atoms with Gasteiger partial charge in [-0.05, 0) is 53.6 Å². The maximum absolute atomic E-state index is 9.93. The molecule has 5 nitrogen and oxygen atoms in total. The van der Waals surface area contributed by atoms with Gasteiger partial charge in [0.05, 0.1) is 10.1 Å². The summed E-state index contributed by atoms with van der Waals surface area (Å²) in [5.74, 6) is 4.49. The summed E-state index contributed by atoms with van der Waals surface area (Å²) in [6, 6.07) is 20.6. The van der Waals surface area contributed by atoms with E-state index in [4.69, 9.17) is 9.47 Å². The van der Waals surface area contributed by atoms with Crippen LogP contribution in [0, 0.1) is 0 Å². The highest BCUT2D eigenvalue weighted by Crippen LogP contribution is 2.54. The topological polar surface area (TPSA) is 62.2 Å². The average Bonchev–Trinajstić information content (AvgIpc) is 2.85. The number of thioether (sulfide) groups is 2. The van der Waals surface area contributed by atoms with E-state index in [0.29, 0.717) is 6.61 Å². The number of benzene rings is 3. The summed E-state index contributed by atoms with van der Waals surface area (Å²) in [5, 5.41) is 19.6. The zero-order chi connectivity index (χ0) is 22.6. The third-order valence-corrected chi connectivity index (χ3v) is 8.21. The highest BCUT2D eigenvalue weighted by atomic mass is 32.2. The van der Waals surface area contributed by atoms with Crippen molar-refractivity contribution in [2.24, 2.45) is 0 Å². The second-order valence-electron chi connectivity index (χ2n) is 8.17. The van der Waals surface area contributed by atoms with E-state index in [-0.39, 0.29) is 22.9 Å². The Hall–Kier alpha value is -2.48. The number of hydrogen-bond donors (Lipinski definition) is 2. The lowest BCUT2D eigenvalue weighted by atomic mass is 10.00. The Bertz CT molecular complexity index is 1070. The molecule has 0 radical (unpaired) electrons. The Labute approximate surface area is 202 Å². The molecule has 3 aromatic carbocycles. The molecule has 2 aliphatic heterocycles. The van der Waals surface area contributed by atoms with E-state index in [2.05, 4.69) is 17.0 Å². The molecule has 33 heavy (non-hydrogen) atoms. The van der Waals surface area contributed by atoms with Crippen LogP contribution in [0.4, 0.5) is 0 Å². The summed E-state index contributed by atoms with van der Waals surface area (Å²) in [5.41, 5.74) is 2.11. The van der Waals surface area contributed by atoms with Crippen molar-refractivity contribution in [3.63, 3.8) is 0 Å². The van der Waals surface area contributed by atoms with Gasteiger partial charge in [0, 0.05) is 31.1 Å². The number of hydrogen-bond acceptors (Lipinski definition) is 7. The first-order valence-electron chi connectivity index (χ1n) is 11.1. The predicted octanol–water partition coefficient (Wildman–Crippen LogP) is 5.49. The van der Waals surface area contributed by atoms with Gasteiger partial charge < -0.3 is 19.7 Å². The Kier molecular flexibility index (Phi) is 6.90. The zero-order valence-electron chi connectivity index (χ0n) is 18.2. The molecule has 1 fully saturated rings. The number of phenolic OH excluding ortho intramolecular Hbond substituents is 2. The van der Waals surface area contributed by atoms with Gasteiger partial charge in [-0.1, -0.05) is 24.3 Å². The quantitative estimate of drug-likeness (QED) is 0.483. The molecule has 0 aliphatic carbocycles. The molecule has 2 N–H and O–H groups in total. The molecule has 5 rings (SSSR count). The monoisotopic (exact) mass is 481 g/mol. The standard InChI is InChI=1S/C26H27NO4S2/c28-20-5-1-19(2-6-20)26-25(31-23-10-7-21(29)17-24(23)33-26)18-3-8-22(9-4-18)30-14-11-27-12-15-32-16-13-27/h1-10,17,25-26,28-29H,11-16H2/t25-,26+/m0/s1. The van der Waals surface area contributed by atoms with Crippen LogP contribution in [-0.4, -0.2) is 52.9 Å². The highest BCUT2D eigenvalue weighted by molar-refractivity contribution is 7.99. The summed E-state index contributed by atoms with van der Waals surface area (Å²) in [6.45, 7) is 3.92. The summed E-state index contributed by atoms with van der Waals surface area (Å²) >= 11 is 3.68. The minimum atomic E-state index is -0.212. The smallest absolute Gasteiger partial charge is 0.140 e. The molecule has 0 unspecified atom stereocenters. The van der Waals surface area contributed by atoms with E-state index >= 15 is 0 Å². The minimum absolute atomic E-state index is 0.0244. The first-order valence-corrected chi connectivity index (χ1v) is 13.2. The molecule has 2 atom stereocenters. The van der Waals surface area contributed by atoms with Gasteiger partial charge in [0.15, 0.2) is 0 Å². The van der Waals surface area contributed by atoms with Crippen molar-refractivity contribution < 1.29 is 19.7 Å². The van der Waals surface area contributed by atoms with Crippen molar-refractivity contribution in [3.8, 4) is 23.0 Å². The van der Waals surface area contributed by atoms with E-state index in [9.17, 15) is 10.2 Å². The van der Waals surface area contributed by atoms with Gasteiger partial charge >= 0.3 is 0 Å². The molecule has 0 amide bonds. The van der Waals surface area contributed by atoms with E-state index in [1.165, 1.54) is 11.5 Å². The molecule has 0 bridgehead atoms. The van der Waals surface area contributed by atoms with Gasteiger partial charge in [-0.25, -0.2) is 0 Å².